The fraction of sp³-hybridized carbons (Fsp3) is 0.667. The predicted octanol–water partition coefficient (Wildman–Crippen LogP) is 1.61. The summed E-state index contributed by atoms with van der Waals surface area (Å²) >= 11 is 0. The van der Waals surface area contributed by atoms with Gasteiger partial charge in [-0.25, -0.2) is 4.98 Å². The topological polar surface area (TPSA) is 67.3 Å². The van der Waals surface area contributed by atoms with Gasteiger partial charge in [0.15, 0.2) is 0 Å². The number of aliphatic hydroxyl groups is 1. The van der Waals surface area contributed by atoms with Crippen molar-refractivity contribution in [1.29, 1.82) is 0 Å². The van der Waals surface area contributed by atoms with Crippen molar-refractivity contribution >= 4 is 5.82 Å². The SMILES string of the molecule is CCOc1cc(NCC(C)CCO)nc(C)n1. The number of ether oxygens (including phenoxy) is 1. The van der Waals surface area contributed by atoms with Gasteiger partial charge in [0, 0.05) is 19.2 Å². The molecule has 96 valence electrons. The Morgan fingerprint density at radius 1 is 1.47 bits per heavy atom. The van der Waals surface area contributed by atoms with Crippen molar-refractivity contribution in [3.05, 3.63) is 11.9 Å². The second kappa shape index (κ2) is 7.06. The number of nitrogens with zero attached hydrogens (tertiary/aromatic N) is 2. The van der Waals surface area contributed by atoms with Crippen molar-refractivity contribution in [3.63, 3.8) is 0 Å². The Bertz CT molecular complexity index is 345. The summed E-state index contributed by atoms with van der Waals surface area (Å²) in [7, 11) is 0. The van der Waals surface area contributed by atoms with Crippen LogP contribution in [0.2, 0.25) is 0 Å². The molecule has 0 spiro atoms. The van der Waals surface area contributed by atoms with Crippen molar-refractivity contribution < 1.29 is 9.84 Å². The van der Waals surface area contributed by atoms with Gasteiger partial charge in [0.2, 0.25) is 5.88 Å². The Morgan fingerprint density at radius 2 is 2.24 bits per heavy atom. The molecule has 0 radical (unpaired) electrons. The lowest BCUT2D eigenvalue weighted by molar-refractivity contribution is 0.265. The summed E-state index contributed by atoms with van der Waals surface area (Å²) in [5.74, 6) is 2.46. The number of rotatable bonds is 7. The minimum Gasteiger partial charge on any atom is -0.478 e. The van der Waals surface area contributed by atoms with E-state index in [1.807, 2.05) is 13.8 Å². The van der Waals surface area contributed by atoms with Crippen LogP contribution in [-0.2, 0) is 0 Å². The summed E-state index contributed by atoms with van der Waals surface area (Å²) in [4.78, 5) is 8.46. The fourth-order valence-electron chi connectivity index (χ4n) is 1.45. The normalized spacial score (nSPS) is 12.2. The van der Waals surface area contributed by atoms with Gasteiger partial charge in [0.25, 0.3) is 0 Å². The third-order valence-electron chi connectivity index (χ3n) is 2.36. The van der Waals surface area contributed by atoms with Crippen molar-refractivity contribution in [2.45, 2.75) is 27.2 Å². The van der Waals surface area contributed by atoms with Crippen LogP contribution in [0.25, 0.3) is 0 Å². The average Bonchev–Trinajstić information content (AvgIpc) is 2.26. The van der Waals surface area contributed by atoms with Gasteiger partial charge < -0.3 is 15.2 Å². The summed E-state index contributed by atoms with van der Waals surface area (Å²) in [5, 5.41) is 12.0. The lowest BCUT2D eigenvalue weighted by atomic mass is 10.1. The van der Waals surface area contributed by atoms with Crippen LogP contribution in [0, 0.1) is 12.8 Å². The Morgan fingerprint density at radius 3 is 2.88 bits per heavy atom. The highest BCUT2D eigenvalue weighted by Gasteiger charge is 2.05. The van der Waals surface area contributed by atoms with Crippen LogP contribution in [0.1, 0.15) is 26.1 Å². The molecule has 1 aromatic rings. The number of nitrogens with one attached hydrogen (secondary N) is 1. The van der Waals surface area contributed by atoms with E-state index in [1.54, 1.807) is 6.07 Å². The summed E-state index contributed by atoms with van der Waals surface area (Å²) in [5.41, 5.74) is 0. The molecule has 1 rings (SSSR count). The summed E-state index contributed by atoms with van der Waals surface area (Å²) < 4.78 is 5.35. The molecule has 1 aromatic heterocycles. The molecule has 1 heterocycles. The van der Waals surface area contributed by atoms with E-state index in [-0.39, 0.29) is 6.61 Å². The first-order chi connectivity index (χ1) is 8.15. The Labute approximate surface area is 102 Å². The molecule has 0 aromatic carbocycles. The molecule has 0 bridgehead atoms. The number of aryl methyl sites for hydroxylation is 1. The van der Waals surface area contributed by atoms with Crippen LogP contribution < -0.4 is 10.1 Å². The zero-order chi connectivity index (χ0) is 12.7. The molecule has 0 amide bonds. The number of aliphatic hydroxyl groups excluding tert-OH is 1. The second-order valence-corrected chi connectivity index (χ2v) is 4.07. The molecule has 0 aliphatic carbocycles. The van der Waals surface area contributed by atoms with E-state index < -0.39 is 0 Å². The lowest BCUT2D eigenvalue weighted by Crippen LogP contribution is -2.14. The monoisotopic (exact) mass is 239 g/mol. The van der Waals surface area contributed by atoms with Gasteiger partial charge in [0.05, 0.1) is 6.61 Å². The molecule has 5 heteroatoms. The zero-order valence-corrected chi connectivity index (χ0v) is 10.7. The summed E-state index contributed by atoms with van der Waals surface area (Å²) in [6.07, 6.45) is 0.787. The van der Waals surface area contributed by atoms with Gasteiger partial charge in [-0.05, 0) is 26.2 Å². The van der Waals surface area contributed by atoms with Crippen molar-refractivity contribution in [2.75, 3.05) is 25.1 Å². The fourth-order valence-corrected chi connectivity index (χ4v) is 1.45. The predicted molar refractivity (Wildman–Crippen MR) is 67.3 cm³/mol. The van der Waals surface area contributed by atoms with E-state index in [9.17, 15) is 0 Å². The molecule has 0 saturated heterocycles. The number of hydrogen-bond acceptors (Lipinski definition) is 5. The third-order valence-corrected chi connectivity index (χ3v) is 2.36. The van der Waals surface area contributed by atoms with E-state index in [4.69, 9.17) is 9.84 Å². The molecule has 0 aliphatic rings. The quantitative estimate of drug-likeness (QED) is 0.756. The second-order valence-electron chi connectivity index (χ2n) is 4.07. The molecular formula is C12H21N3O2. The van der Waals surface area contributed by atoms with Gasteiger partial charge in [-0.1, -0.05) is 6.92 Å². The largest absolute Gasteiger partial charge is 0.478 e. The van der Waals surface area contributed by atoms with Crippen LogP contribution in [0.15, 0.2) is 6.07 Å². The van der Waals surface area contributed by atoms with Gasteiger partial charge in [-0.15, -0.1) is 0 Å². The van der Waals surface area contributed by atoms with Crippen LogP contribution in [-0.4, -0.2) is 34.8 Å². The maximum atomic E-state index is 8.82. The highest BCUT2D eigenvalue weighted by atomic mass is 16.5. The summed E-state index contributed by atoms with van der Waals surface area (Å²) in [6.45, 7) is 7.44. The van der Waals surface area contributed by atoms with Gasteiger partial charge in [0.1, 0.15) is 11.6 Å². The number of aromatic nitrogens is 2. The van der Waals surface area contributed by atoms with Gasteiger partial charge >= 0.3 is 0 Å². The standard InChI is InChI=1S/C12H21N3O2/c1-4-17-12-7-11(14-10(3)15-12)13-8-9(2)5-6-16/h7,9,16H,4-6,8H2,1-3H3,(H,13,14,15). The van der Waals surface area contributed by atoms with Crippen molar-refractivity contribution in [3.8, 4) is 5.88 Å². The molecule has 0 fully saturated rings. The van der Waals surface area contributed by atoms with E-state index in [2.05, 4.69) is 22.2 Å². The first-order valence-electron chi connectivity index (χ1n) is 5.99. The van der Waals surface area contributed by atoms with E-state index in [1.165, 1.54) is 0 Å². The Balaban J connectivity index is 2.57. The van der Waals surface area contributed by atoms with Crippen LogP contribution in [0.5, 0.6) is 5.88 Å². The van der Waals surface area contributed by atoms with Crippen LogP contribution in [0.3, 0.4) is 0 Å². The van der Waals surface area contributed by atoms with Gasteiger partial charge in [-0.2, -0.15) is 4.98 Å². The first kappa shape index (κ1) is 13.7. The highest BCUT2D eigenvalue weighted by Crippen LogP contribution is 2.14. The number of anilines is 1. The minimum atomic E-state index is 0.218. The molecule has 0 saturated carbocycles. The van der Waals surface area contributed by atoms with E-state index >= 15 is 0 Å². The molecular weight excluding hydrogens is 218 g/mol. The Hall–Kier alpha value is -1.36. The number of hydrogen-bond donors (Lipinski definition) is 2. The Kier molecular flexibility index (Phi) is 5.69. The maximum absolute atomic E-state index is 8.82. The zero-order valence-electron chi connectivity index (χ0n) is 10.7. The maximum Gasteiger partial charge on any atom is 0.218 e. The summed E-state index contributed by atoms with van der Waals surface area (Å²) in [6, 6.07) is 1.79. The smallest absolute Gasteiger partial charge is 0.218 e. The third kappa shape index (κ3) is 4.99. The molecule has 17 heavy (non-hydrogen) atoms. The molecule has 5 nitrogen and oxygen atoms in total. The average molecular weight is 239 g/mol. The van der Waals surface area contributed by atoms with Crippen LogP contribution in [0.4, 0.5) is 5.82 Å². The molecule has 1 unspecified atom stereocenters. The minimum absolute atomic E-state index is 0.218. The van der Waals surface area contributed by atoms with Gasteiger partial charge in [-0.3, -0.25) is 0 Å². The molecule has 1 atom stereocenters. The van der Waals surface area contributed by atoms with E-state index in [0.717, 1.165) is 18.8 Å². The van der Waals surface area contributed by atoms with Crippen molar-refractivity contribution in [1.82, 2.24) is 9.97 Å². The van der Waals surface area contributed by atoms with Crippen LogP contribution >= 0.6 is 0 Å². The lowest BCUT2D eigenvalue weighted by Gasteiger charge is -2.12. The van der Waals surface area contributed by atoms with Crippen molar-refractivity contribution in [2.24, 2.45) is 5.92 Å². The first-order valence-corrected chi connectivity index (χ1v) is 5.99. The highest BCUT2D eigenvalue weighted by molar-refractivity contribution is 5.38. The van der Waals surface area contributed by atoms with E-state index in [0.29, 0.717) is 24.2 Å². The molecule has 0 aliphatic heterocycles. The molecule has 2 N–H and O–H groups in total.